The number of rotatable bonds is 8. The molecule has 0 amide bonds. The predicted octanol–water partition coefficient (Wildman–Crippen LogP) is 1.77. The van der Waals surface area contributed by atoms with E-state index >= 15 is 0 Å². The van der Waals surface area contributed by atoms with Crippen molar-refractivity contribution in [1.82, 2.24) is 10.3 Å². The fraction of sp³-hybridized carbons (Fsp3) is 0.643. The van der Waals surface area contributed by atoms with Crippen LogP contribution >= 0.6 is 0 Å². The molecule has 0 aliphatic rings. The Bertz CT molecular complexity index is 317. The largest absolute Gasteiger partial charge is 0.389 e. The van der Waals surface area contributed by atoms with E-state index in [0.29, 0.717) is 25.7 Å². The van der Waals surface area contributed by atoms with Crippen molar-refractivity contribution in [3.63, 3.8) is 0 Å². The molecule has 0 saturated heterocycles. The Labute approximate surface area is 109 Å². The summed E-state index contributed by atoms with van der Waals surface area (Å²) in [6.45, 7) is 7.86. The fourth-order valence-corrected chi connectivity index (χ4v) is 1.58. The predicted molar refractivity (Wildman–Crippen MR) is 72.3 cm³/mol. The fourth-order valence-electron chi connectivity index (χ4n) is 1.58. The summed E-state index contributed by atoms with van der Waals surface area (Å²) in [5, 5.41) is 13.0. The molecular weight excluding hydrogens is 228 g/mol. The van der Waals surface area contributed by atoms with Crippen molar-refractivity contribution in [2.45, 2.75) is 32.9 Å². The van der Waals surface area contributed by atoms with Gasteiger partial charge in [0.1, 0.15) is 0 Å². The van der Waals surface area contributed by atoms with Gasteiger partial charge in [-0.15, -0.1) is 0 Å². The first-order valence-electron chi connectivity index (χ1n) is 6.48. The third kappa shape index (κ3) is 6.10. The highest BCUT2D eigenvalue weighted by atomic mass is 16.5. The Balaban J connectivity index is 2.20. The number of ether oxygens (including phenoxy) is 1. The van der Waals surface area contributed by atoms with Crippen LogP contribution in [0.15, 0.2) is 24.5 Å². The summed E-state index contributed by atoms with van der Waals surface area (Å²) in [4.78, 5) is 3.98. The van der Waals surface area contributed by atoms with Crippen LogP contribution < -0.4 is 5.32 Å². The lowest BCUT2D eigenvalue weighted by molar-refractivity contribution is 0.0252. The molecule has 4 nitrogen and oxygen atoms in total. The Morgan fingerprint density at radius 3 is 2.50 bits per heavy atom. The monoisotopic (exact) mass is 252 g/mol. The molecule has 0 bridgehead atoms. The SMILES string of the molecule is CC(C)COCC(O)CN[C@H](C)c1ccncc1. The molecule has 1 aromatic heterocycles. The van der Waals surface area contributed by atoms with Crippen LogP contribution in [0.1, 0.15) is 32.4 Å². The topological polar surface area (TPSA) is 54.4 Å². The van der Waals surface area contributed by atoms with Gasteiger partial charge in [-0.1, -0.05) is 13.8 Å². The number of hydrogen-bond donors (Lipinski definition) is 2. The second kappa shape index (κ2) is 8.19. The van der Waals surface area contributed by atoms with Gasteiger partial charge in [0, 0.05) is 31.6 Å². The van der Waals surface area contributed by atoms with E-state index < -0.39 is 6.10 Å². The van der Waals surface area contributed by atoms with Gasteiger partial charge in [0.15, 0.2) is 0 Å². The minimum Gasteiger partial charge on any atom is -0.389 e. The molecule has 2 N–H and O–H groups in total. The van der Waals surface area contributed by atoms with Gasteiger partial charge in [0.2, 0.25) is 0 Å². The maximum Gasteiger partial charge on any atom is 0.0897 e. The van der Waals surface area contributed by atoms with Crippen LogP contribution in [0.5, 0.6) is 0 Å². The van der Waals surface area contributed by atoms with Crippen LogP contribution in [0.4, 0.5) is 0 Å². The molecular formula is C14H24N2O2. The number of aliphatic hydroxyl groups is 1. The van der Waals surface area contributed by atoms with Crippen molar-refractivity contribution in [3.8, 4) is 0 Å². The van der Waals surface area contributed by atoms with Crippen LogP contribution in [0.25, 0.3) is 0 Å². The van der Waals surface area contributed by atoms with Gasteiger partial charge in [-0.05, 0) is 30.5 Å². The number of aliphatic hydroxyl groups excluding tert-OH is 1. The van der Waals surface area contributed by atoms with E-state index in [0.717, 1.165) is 0 Å². The summed E-state index contributed by atoms with van der Waals surface area (Å²) in [6, 6.07) is 4.14. The number of nitrogens with zero attached hydrogens (tertiary/aromatic N) is 1. The normalized spacial score (nSPS) is 14.7. The summed E-state index contributed by atoms with van der Waals surface area (Å²) in [6.07, 6.45) is 3.08. The maximum absolute atomic E-state index is 9.76. The number of nitrogens with one attached hydrogen (secondary N) is 1. The summed E-state index contributed by atoms with van der Waals surface area (Å²) < 4.78 is 5.39. The number of hydrogen-bond acceptors (Lipinski definition) is 4. The standard InChI is InChI=1S/C14H24N2O2/c1-11(2)9-18-10-14(17)8-16-12(3)13-4-6-15-7-5-13/h4-7,11-12,14,16-17H,8-10H2,1-3H3/t12-,14?/m1/s1. The molecule has 1 rings (SSSR count). The quantitative estimate of drug-likeness (QED) is 0.740. The van der Waals surface area contributed by atoms with E-state index in [9.17, 15) is 5.11 Å². The molecule has 1 unspecified atom stereocenters. The second-order valence-corrected chi connectivity index (χ2v) is 5.00. The molecule has 0 aliphatic carbocycles. The highest BCUT2D eigenvalue weighted by Gasteiger charge is 2.09. The highest BCUT2D eigenvalue weighted by molar-refractivity contribution is 5.13. The molecule has 0 saturated carbocycles. The summed E-state index contributed by atoms with van der Waals surface area (Å²) in [5.74, 6) is 0.501. The van der Waals surface area contributed by atoms with E-state index in [4.69, 9.17) is 4.74 Å². The van der Waals surface area contributed by atoms with Crippen LogP contribution in [0.2, 0.25) is 0 Å². The molecule has 0 radical (unpaired) electrons. The Morgan fingerprint density at radius 1 is 1.22 bits per heavy atom. The first kappa shape index (κ1) is 15.1. The lowest BCUT2D eigenvalue weighted by Crippen LogP contribution is -2.32. The van der Waals surface area contributed by atoms with Gasteiger partial charge >= 0.3 is 0 Å². The molecule has 102 valence electrons. The van der Waals surface area contributed by atoms with Crippen LogP contribution in [-0.4, -0.2) is 36.0 Å². The zero-order valence-electron chi connectivity index (χ0n) is 11.5. The van der Waals surface area contributed by atoms with E-state index in [1.54, 1.807) is 12.4 Å². The van der Waals surface area contributed by atoms with Gasteiger partial charge in [0.25, 0.3) is 0 Å². The average molecular weight is 252 g/mol. The van der Waals surface area contributed by atoms with Crippen LogP contribution in [-0.2, 0) is 4.74 Å². The van der Waals surface area contributed by atoms with Gasteiger partial charge < -0.3 is 15.2 Å². The average Bonchev–Trinajstić information content (AvgIpc) is 2.36. The summed E-state index contributed by atoms with van der Waals surface area (Å²) in [7, 11) is 0. The minimum absolute atomic E-state index is 0.202. The molecule has 0 aliphatic heterocycles. The van der Waals surface area contributed by atoms with Crippen LogP contribution in [0, 0.1) is 5.92 Å². The smallest absolute Gasteiger partial charge is 0.0897 e. The first-order chi connectivity index (χ1) is 8.59. The lowest BCUT2D eigenvalue weighted by Gasteiger charge is -2.17. The zero-order valence-corrected chi connectivity index (χ0v) is 11.5. The minimum atomic E-state index is -0.465. The zero-order chi connectivity index (χ0) is 13.4. The van der Waals surface area contributed by atoms with Crippen molar-refractivity contribution in [3.05, 3.63) is 30.1 Å². The third-order valence-electron chi connectivity index (χ3n) is 2.63. The third-order valence-corrected chi connectivity index (χ3v) is 2.63. The van der Waals surface area contributed by atoms with Crippen molar-refractivity contribution in [2.75, 3.05) is 19.8 Å². The van der Waals surface area contributed by atoms with Crippen molar-refractivity contribution in [2.24, 2.45) is 5.92 Å². The maximum atomic E-state index is 9.76. The molecule has 1 heterocycles. The Hall–Kier alpha value is -0.970. The van der Waals surface area contributed by atoms with Crippen molar-refractivity contribution in [1.29, 1.82) is 0 Å². The van der Waals surface area contributed by atoms with E-state index in [1.807, 2.05) is 12.1 Å². The first-order valence-corrected chi connectivity index (χ1v) is 6.48. The molecule has 18 heavy (non-hydrogen) atoms. The lowest BCUT2D eigenvalue weighted by atomic mass is 10.1. The molecule has 2 atom stereocenters. The molecule has 4 heteroatoms. The van der Waals surface area contributed by atoms with Gasteiger partial charge in [-0.3, -0.25) is 4.98 Å². The molecule has 0 spiro atoms. The molecule has 0 fully saturated rings. The van der Waals surface area contributed by atoms with Gasteiger partial charge in [-0.2, -0.15) is 0 Å². The molecule has 0 aromatic carbocycles. The number of aromatic nitrogens is 1. The van der Waals surface area contributed by atoms with E-state index in [2.05, 4.69) is 31.1 Å². The van der Waals surface area contributed by atoms with Crippen molar-refractivity contribution >= 4 is 0 Å². The van der Waals surface area contributed by atoms with E-state index in [1.165, 1.54) is 5.56 Å². The summed E-state index contributed by atoms with van der Waals surface area (Å²) in [5.41, 5.74) is 1.17. The highest BCUT2D eigenvalue weighted by Crippen LogP contribution is 2.09. The Kier molecular flexibility index (Phi) is 6.86. The van der Waals surface area contributed by atoms with Crippen LogP contribution in [0.3, 0.4) is 0 Å². The van der Waals surface area contributed by atoms with Gasteiger partial charge in [0.05, 0.1) is 12.7 Å². The summed E-state index contributed by atoms with van der Waals surface area (Å²) >= 11 is 0. The molecule has 1 aromatic rings. The van der Waals surface area contributed by atoms with Gasteiger partial charge in [-0.25, -0.2) is 0 Å². The Morgan fingerprint density at radius 2 is 1.89 bits per heavy atom. The van der Waals surface area contributed by atoms with Crippen molar-refractivity contribution < 1.29 is 9.84 Å². The number of pyridine rings is 1. The van der Waals surface area contributed by atoms with E-state index in [-0.39, 0.29) is 6.04 Å². The second-order valence-electron chi connectivity index (χ2n) is 5.00.